The maximum atomic E-state index is 12.4. The predicted octanol–water partition coefficient (Wildman–Crippen LogP) is 5.18. The van der Waals surface area contributed by atoms with Gasteiger partial charge < -0.3 is 14.8 Å². The minimum absolute atomic E-state index is 0.0827. The van der Waals surface area contributed by atoms with Gasteiger partial charge in [0, 0.05) is 11.8 Å². The molecule has 2 aromatic rings. The first-order chi connectivity index (χ1) is 12.1. The number of amides is 1. The van der Waals surface area contributed by atoms with E-state index in [1.54, 1.807) is 6.92 Å². The van der Waals surface area contributed by atoms with Crippen LogP contribution in [-0.4, -0.2) is 18.1 Å². The van der Waals surface area contributed by atoms with Crippen LogP contribution in [0, 0.1) is 0 Å². The second kappa shape index (κ2) is 8.26. The van der Waals surface area contributed by atoms with Crippen molar-refractivity contribution in [3.05, 3.63) is 54.1 Å². The van der Waals surface area contributed by atoms with Crippen LogP contribution in [-0.2, 0) is 10.2 Å². The minimum Gasteiger partial charge on any atom is -0.491 e. The number of anilines is 1. The smallest absolute Gasteiger partial charge is 0.265 e. The summed E-state index contributed by atoms with van der Waals surface area (Å²) in [6.45, 7) is 12.2. The molecule has 0 aliphatic carbocycles. The van der Waals surface area contributed by atoms with Crippen LogP contribution in [0.25, 0.3) is 0 Å². The highest BCUT2D eigenvalue weighted by Crippen LogP contribution is 2.25. The average molecular weight is 355 g/mol. The van der Waals surface area contributed by atoms with Crippen molar-refractivity contribution < 1.29 is 14.3 Å². The summed E-state index contributed by atoms with van der Waals surface area (Å²) in [6.07, 6.45) is -0.524. The Morgan fingerprint density at radius 3 is 2.15 bits per heavy atom. The molecule has 0 radical (unpaired) electrons. The van der Waals surface area contributed by atoms with Crippen LogP contribution in [0.1, 0.15) is 47.1 Å². The van der Waals surface area contributed by atoms with Crippen molar-refractivity contribution in [1.29, 1.82) is 0 Å². The van der Waals surface area contributed by atoms with Crippen LogP contribution in [0.3, 0.4) is 0 Å². The molecule has 0 saturated carbocycles. The van der Waals surface area contributed by atoms with Gasteiger partial charge in [0.2, 0.25) is 0 Å². The number of benzene rings is 2. The Morgan fingerprint density at radius 2 is 1.58 bits per heavy atom. The monoisotopic (exact) mass is 355 g/mol. The fourth-order valence-electron chi connectivity index (χ4n) is 2.45. The molecule has 0 bridgehead atoms. The van der Waals surface area contributed by atoms with E-state index in [9.17, 15) is 4.79 Å². The lowest BCUT2D eigenvalue weighted by Gasteiger charge is -2.20. The lowest BCUT2D eigenvalue weighted by atomic mass is 9.87. The molecule has 0 saturated heterocycles. The highest BCUT2D eigenvalue weighted by molar-refractivity contribution is 5.94. The van der Waals surface area contributed by atoms with Crippen molar-refractivity contribution in [1.82, 2.24) is 0 Å². The van der Waals surface area contributed by atoms with Crippen LogP contribution in [0.2, 0.25) is 0 Å². The number of carbonyl (C=O) groups is 1. The molecule has 140 valence electrons. The van der Waals surface area contributed by atoms with Crippen LogP contribution < -0.4 is 14.8 Å². The van der Waals surface area contributed by atoms with E-state index in [2.05, 4.69) is 26.1 Å². The number of carbonyl (C=O) groups excluding carboxylic acids is 1. The van der Waals surface area contributed by atoms with Gasteiger partial charge in [0.15, 0.2) is 6.10 Å². The van der Waals surface area contributed by atoms with E-state index in [0.29, 0.717) is 11.4 Å². The first-order valence-electron chi connectivity index (χ1n) is 9.00. The van der Waals surface area contributed by atoms with Gasteiger partial charge in [-0.25, -0.2) is 0 Å². The predicted molar refractivity (Wildman–Crippen MR) is 106 cm³/mol. The summed E-state index contributed by atoms with van der Waals surface area (Å²) in [4.78, 5) is 12.4. The number of ether oxygens (including phenoxy) is 2. The van der Waals surface area contributed by atoms with Gasteiger partial charge in [-0.05, 0) is 56.0 Å². The van der Waals surface area contributed by atoms with Crippen molar-refractivity contribution >= 4 is 11.6 Å². The summed E-state index contributed by atoms with van der Waals surface area (Å²) in [7, 11) is 0. The third-order valence-corrected chi connectivity index (χ3v) is 3.88. The molecule has 0 aromatic heterocycles. The molecule has 1 N–H and O–H groups in total. The molecule has 0 heterocycles. The van der Waals surface area contributed by atoms with Gasteiger partial charge in [0.1, 0.15) is 11.5 Å². The number of nitrogens with one attached hydrogen (secondary N) is 1. The molecule has 0 aliphatic heterocycles. The lowest BCUT2D eigenvalue weighted by Crippen LogP contribution is -2.30. The fraction of sp³-hybridized carbons (Fsp3) is 0.409. The molecule has 0 unspecified atom stereocenters. The Bertz CT molecular complexity index is 730. The quantitative estimate of drug-likeness (QED) is 0.777. The van der Waals surface area contributed by atoms with Crippen molar-refractivity contribution in [2.24, 2.45) is 0 Å². The largest absolute Gasteiger partial charge is 0.491 e. The summed E-state index contributed by atoms with van der Waals surface area (Å²) in [5.74, 6) is 1.20. The third-order valence-electron chi connectivity index (χ3n) is 3.88. The molecule has 2 rings (SSSR count). The van der Waals surface area contributed by atoms with Crippen molar-refractivity contribution in [3.8, 4) is 11.5 Å². The standard InChI is InChI=1S/C22H29NO3/c1-15(2)25-20-9-7-8-18(14-20)23-21(24)16(3)26-19-12-10-17(11-13-19)22(4,5)6/h7-16H,1-6H3,(H,23,24)/t16-/m1/s1. The molecule has 26 heavy (non-hydrogen) atoms. The zero-order chi connectivity index (χ0) is 19.3. The normalized spacial score (nSPS) is 12.6. The van der Waals surface area contributed by atoms with Gasteiger partial charge in [0.25, 0.3) is 5.91 Å². The molecule has 4 heteroatoms. The molecule has 0 fully saturated rings. The molecule has 1 amide bonds. The van der Waals surface area contributed by atoms with Gasteiger partial charge in [-0.15, -0.1) is 0 Å². The number of rotatable bonds is 6. The van der Waals surface area contributed by atoms with Crippen LogP contribution in [0.15, 0.2) is 48.5 Å². The molecular weight excluding hydrogens is 326 g/mol. The number of hydrogen-bond donors (Lipinski definition) is 1. The Balaban J connectivity index is 1.97. The van der Waals surface area contributed by atoms with Gasteiger partial charge >= 0.3 is 0 Å². The molecular formula is C22H29NO3. The average Bonchev–Trinajstić information content (AvgIpc) is 2.54. The van der Waals surface area contributed by atoms with E-state index in [1.807, 2.05) is 62.4 Å². The Labute approximate surface area is 156 Å². The number of hydrogen-bond acceptors (Lipinski definition) is 3. The molecule has 0 spiro atoms. The van der Waals surface area contributed by atoms with Crippen molar-refractivity contribution in [2.45, 2.75) is 59.2 Å². The summed E-state index contributed by atoms with van der Waals surface area (Å²) in [6, 6.07) is 15.2. The van der Waals surface area contributed by atoms with E-state index in [0.717, 1.165) is 5.75 Å². The van der Waals surface area contributed by atoms with Gasteiger partial charge in [0.05, 0.1) is 6.10 Å². The SMILES string of the molecule is CC(C)Oc1cccc(NC(=O)[C@@H](C)Oc2ccc(C(C)(C)C)cc2)c1. The Hall–Kier alpha value is -2.49. The highest BCUT2D eigenvalue weighted by atomic mass is 16.5. The van der Waals surface area contributed by atoms with Crippen molar-refractivity contribution in [3.63, 3.8) is 0 Å². The highest BCUT2D eigenvalue weighted by Gasteiger charge is 2.17. The first kappa shape index (κ1) is 19.8. The van der Waals surface area contributed by atoms with E-state index < -0.39 is 6.10 Å². The van der Waals surface area contributed by atoms with E-state index in [-0.39, 0.29) is 17.4 Å². The molecule has 4 nitrogen and oxygen atoms in total. The lowest BCUT2D eigenvalue weighted by molar-refractivity contribution is -0.122. The first-order valence-corrected chi connectivity index (χ1v) is 9.00. The second-order valence-electron chi connectivity index (χ2n) is 7.72. The van der Waals surface area contributed by atoms with Gasteiger partial charge in [-0.2, -0.15) is 0 Å². The van der Waals surface area contributed by atoms with Crippen LogP contribution in [0.4, 0.5) is 5.69 Å². The zero-order valence-corrected chi connectivity index (χ0v) is 16.5. The minimum atomic E-state index is -0.606. The van der Waals surface area contributed by atoms with E-state index in [1.165, 1.54) is 5.56 Å². The topological polar surface area (TPSA) is 47.6 Å². The van der Waals surface area contributed by atoms with Crippen LogP contribution >= 0.6 is 0 Å². The van der Waals surface area contributed by atoms with E-state index >= 15 is 0 Å². The molecule has 0 aliphatic rings. The second-order valence-corrected chi connectivity index (χ2v) is 7.72. The maximum Gasteiger partial charge on any atom is 0.265 e. The molecule has 1 atom stereocenters. The Morgan fingerprint density at radius 1 is 0.923 bits per heavy atom. The summed E-state index contributed by atoms with van der Waals surface area (Å²) < 4.78 is 11.4. The van der Waals surface area contributed by atoms with Gasteiger partial charge in [-0.1, -0.05) is 39.0 Å². The maximum absolute atomic E-state index is 12.4. The van der Waals surface area contributed by atoms with Crippen LogP contribution in [0.5, 0.6) is 11.5 Å². The molecule has 2 aromatic carbocycles. The summed E-state index contributed by atoms with van der Waals surface area (Å²) in [5, 5.41) is 2.87. The summed E-state index contributed by atoms with van der Waals surface area (Å²) >= 11 is 0. The Kier molecular flexibility index (Phi) is 6.30. The van der Waals surface area contributed by atoms with Gasteiger partial charge in [-0.3, -0.25) is 4.79 Å². The zero-order valence-electron chi connectivity index (χ0n) is 16.5. The van der Waals surface area contributed by atoms with E-state index in [4.69, 9.17) is 9.47 Å². The third kappa shape index (κ3) is 5.80. The van der Waals surface area contributed by atoms with Crippen molar-refractivity contribution in [2.75, 3.05) is 5.32 Å². The fourth-order valence-corrected chi connectivity index (χ4v) is 2.45. The summed E-state index contributed by atoms with van der Waals surface area (Å²) in [5.41, 5.74) is 2.00.